The molecule has 4 heteroatoms. The molecule has 0 aliphatic heterocycles. The minimum Gasteiger partial charge on any atom is -0.422 e. The Morgan fingerprint density at radius 2 is 1.61 bits per heavy atom. The summed E-state index contributed by atoms with van der Waals surface area (Å²) in [6, 6.07) is 27.4. The van der Waals surface area contributed by atoms with Gasteiger partial charge in [-0.3, -0.25) is 0 Å². The third kappa shape index (κ3) is 4.13. The van der Waals surface area contributed by atoms with Crippen LogP contribution in [0.15, 0.2) is 94.1 Å². The van der Waals surface area contributed by atoms with E-state index in [0.29, 0.717) is 17.7 Å². The molecule has 0 fully saturated rings. The Morgan fingerprint density at radius 3 is 2.39 bits per heavy atom. The van der Waals surface area contributed by atoms with Crippen molar-refractivity contribution in [1.82, 2.24) is 0 Å². The molecule has 4 nitrogen and oxygen atoms in total. The minimum atomic E-state index is -0.329. The van der Waals surface area contributed by atoms with Gasteiger partial charge >= 0.3 is 5.63 Å². The largest absolute Gasteiger partial charge is 0.422 e. The number of hydrogen-bond acceptors (Lipinski definition) is 4. The first kappa shape index (κ1) is 18.0. The number of nitrogens with one attached hydrogen (secondary N) is 1. The van der Waals surface area contributed by atoms with Crippen molar-refractivity contribution >= 4 is 16.7 Å². The zero-order chi connectivity index (χ0) is 19.3. The maximum absolute atomic E-state index is 12.3. The van der Waals surface area contributed by atoms with E-state index in [4.69, 9.17) is 10.2 Å². The Balaban J connectivity index is 1.44. The van der Waals surface area contributed by atoms with Gasteiger partial charge < -0.3 is 15.5 Å². The van der Waals surface area contributed by atoms with Crippen molar-refractivity contribution < 1.29 is 4.42 Å². The lowest BCUT2D eigenvalue weighted by molar-refractivity contribution is 0.563. The Bertz CT molecular complexity index is 1120. The van der Waals surface area contributed by atoms with Crippen LogP contribution in [0, 0.1) is 0 Å². The van der Waals surface area contributed by atoms with Gasteiger partial charge in [-0.05, 0) is 41.8 Å². The minimum absolute atomic E-state index is 0.0228. The van der Waals surface area contributed by atoms with Crippen LogP contribution in [0.2, 0.25) is 0 Å². The number of nitrogens with two attached hydrogens (primary N) is 1. The number of para-hydroxylation sites is 1. The van der Waals surface area contributed by atoms with Crippen molar-refractivity contribution in [3.05, 3.63) is 101 Å². The van der Waals surface area contributed by atoms with Crippen molar-refractivity contribution in [2.45, 2.75) is 12.5 Å². The van der Waals surface area contributed by atoms with E-state index >= 15 is 0 Å². The smallest absolute Gasteiger partial charge is 0.344 e. The highest BCUT2D eigenvalue weighted by atomic mass is 16.4. The van der Waals surface area contributed by atoms with Crippen molar-refractivity contribution in [2.75, 3.05) is 11.9 Å². The molecule has 0 saturated heterocycles. The average molecular weight is 370 g/mol. The van der Waals surface area contributed by atoms with E-state index in [1.54, 1.807) is 6.07 Å². The number of anilines is 1. The van der Waals surface area contributed by atoms with Crippen molar-refractivity contribution in [2.24, 2.45) is 5.73 Å². The Morgan fingerprint density at radius 1 is 0.893 bits per heavy atom. The SMILES string of the molecule is N[C@H](CNc1ccc(-c2cc3ccccc3oc2=O)cc1)Cc1ccccc1. The monoisotopic (exact) mass is 370 g/mol. The quantitative estimate of drug-likeness (QED) is 0.492. The number of benzene rings is 3. The van der Waals surface area contributed by atoms with Gasteiger partial charge in [-0.1, -0.05) is 60.7 Å². The van der Waals surface area contributed by atoms with Gasteiger partial charge in [-0.2, -0.15) is 0 Å². The number of hydrogen-bond donors (Lipinski definition) is 2. The summed E-state index contributed by atoms with van der Waals surface area (Å²) < 4.78 is 5.43. The molecular formula is C24H22N2O2. The van der Waals surface area contributed by atoms with Crippen LogP contribution in [0.5, 0.6) is 0 Å². The molecule has 0 aliphatic carbocycles. The number of rotatable bonds is 6. The first-order valence-electron chi connectivity index (χ1n) is 9.36. The van der Waals surface area contributed by atoms with Crippen LogP contribution < -0.4 is 16.7 Å². The molecule has 3 aromatic carbocycles. The van der Waals surface area contributed by atoms with Gasteiger partial charge in [0.2, 0.25) is 0 Å². The molecule has 0 aliphatic rings. The van der Waals surface area contributed by atoms with Gasteiger partial charge in [0.15, 0.2) is 0 Å². The summed E-state index contributed by atoms with van der Waals surface area (Å²) in [4.78, 5) is 12.3. The van der Waals surface area contributed by atoms with Crippen LogP contribution in [0.25, 0.3) is 22.1 Å². The molecule has 1 heterocycles. The Kier molecular flexibility index (Phi) is 5.22. The standard InChI is InChI=1S/C24H22N2O2/c25-20(14-17-6-2-1-3-7-17)16-26-21-12-10-18(11-13-21)22-15-19-8-4-5-9-23(19)28-24(22)27/h1-13,15,20,26H,14,16,25H2/t20-/m0/s1. The van der Waals surface area contributed by atoms with E-state index in [9.17, 15) is 4.79 Å². The van der Waals surface area contributed by atoms with Crippen LogP contribution in [-0.4, -0.2) is 12.6 Å². The molecule has 3 N–H and O–H groups in total. The maximum Gasteiger partial charge on any atom is 0.344 e. The summed E-state index contributed by atoms with van der Waals surface area (Å²) >= 11 is 0. The molecule has 1 atom stereocenters. The third-order valence-corrected chi connectivity index (χ3v) is 4.75. The first-order valence-corrected chi connectivity index (χ1v) is 9.36. The highest BCUT2D eigenvalue weighted by Gasteiger charge is 2.08. The lowest BCUT2D eigenvalue weighted by Crippen LogP contribution is -2.31. The zero-order valence-corrected chi connectivity index (χ0v) is 15.5. The van der Waals surface area contributed by atoms with Gasteiger partial charge in [0.1, 0.15) is 5.58 Å². The lowest BCUT2D eigenvalue weighted by Gasteiger charge is -2.14. The van der Waals surface area contributed by atoms with Gasteiger partial charge in [0, 0.05) is 23.7 Å². The summed E-state index contributed by atoms with van der Waals surface area (Å²) in [5.41, 5.74) is 10.1. The van der Waals surface area contributed by atoms with E-state index in [0.717, 1.165) is 23.1 Å². The molecule has 0 bridgehead atoms. The fourth-order valence-corrected chi connectivity index (χ4v) is 3.27. The predicted molar refractivity (Wildman–Crippen MR) is 115 cm³/mol. The second kappa shape index (κ2) is 8.11. The molecule has 0 radical (unpaired) electrons. The predicted octanol–water partition coefficient (Wildman–Crippen LogP) is 4.44. The highest BCUT2D eigenvalue weighted by Crippen LogP contribution is 2.22. The Hall–Kier alpha value is -3.37. The van der Waals surface area contributed by atoms with Gasteiger partial charge in [-0.25, -0.2) is 4.79 Å². The van der Waals surface area contributed by atoms with Crippen LogP contribution >= 0.6 is 0 Å². The van der Waals surface area contributed by atoms with Gasteiger partial charge in [0.05, 0.1) is 5.56 Å². The molecule has 4 aromatic rings. The molecule has 1 aromatic heterocycles. The molecule has 0 saturated carbocycles. The summed E-state index contributed by atoms with van der Waals surface area (Å²) in [6.45, 7) is 0.673. The molecule has 0 spiro atoms. The van der Waals surface area contributed by atoms with Gasteiger partial charge in [-0.15, -0.1) is 0 Å². The lowest BCUT2D eigenvalue weighted by atomic mass is 10.0. The van der Waals surface area contributed by atoms with Crippen LogP contribution in [-0.2, 0) is 6.42 Å². The van der Waals surface area contributed by atoms with Crippen LogP contribution in [0.3, 0.4) is 0 Å². The van der Waals surface area contributed by atoms with Crippen molar-refractivity contribution in [3.8, 4) is 11.1 Å². The zero-order valence-electron chi connectivity index (χ0n) is 15.5. The van der Waals surface area contributed by atoms with E-state index in [1.807, 2.05) is 66.7 Å². The topological polar surface area (TPSA) is 68.3 Å². The van der Waals surface area contributed by atoms with E-state index in [2.05, 4.69) is 17.4 Å². The van der Waals surface area contributed by atoms with E-state index in [1.165, 1.54) is 5.56 Å². The van der Waals surface area contributed by atoms with Crippen molar-refractivity contribution in [3.63, 3.8) is 0 Å². The second-order valence-corrected chi connectivity index (χ2v) is 6.89. The van der Waals surface area contributed by atoms with E-state index < -0.39 is 0 Å². The summed E-state index contributed by atoms with van der Waals surface area (Å²) in [7, 11) is 0. The first-order chi connectivity index (χ1) is 13.7. The fraction of sp³-hybridized carbons (Fsp3) is 0.125. The normalized spacial score (nSPS) is 12.0. The molecular weight excluding hydrogens is 348 g/mol. The average Bonchev–Trinajstić information content (AvgIpc) is 2.73. The maximum atomic E-state index is 12.3. The molecule has 0 amide bonds. The van der Waals surface area contributed by atoms with Crippen LogP contribution in [0.1, 0.15) is 5.56 Å². The summed E-state index contributed by atoms with van der Waals surface area (Å²) in [5, 5.41) is 4.27. The van der Waals surface area contributed by atoms with Crippen LogP contribution in [0.4, 0.5) is 5.69 Å². The third-order valence-electron chi connectivity index (χ3n) is 4.75. The van der Waals surface area contributed by atoms with E-state index in [-0.39, 0.29) is 11.7 Å². The molecule has 0 unspecified atom stereocenters. The number of fused-ring (bicyclic) bond motifs is 1. The van der Waals surface area contributed by atoms with Crippen molar-refractivity contribution in [1.29, 1.82) is 0 Å². The van der Waals surface area contributed by atoms with Gasteiger partial charge in [0.25, 0.3) is 0 Å². The second-order valence-electron chi connectivity index (χ2n) is 6.89. The molecule has 4 rings (SSSR count). The summed E-state index contributed by atoms with van der Waals surface area (Å²) in [6.07, 6.45) is 0.823. The fourth-order valence-electron chi connectivity index (χ4n) is 3.27. The highest BCUT2D eigenvalue weighted by molar-refractivity contribution is 5.81. The Labute approximate surface area is 163 Å². The molecule has 28 heavy (non-hydrogen) atoms. The summed E-state index contributed by atoms with van der Waals surface area (Å²) in [5.74, 6) is 0. The molecule has 140 valence electrons.